The summed E-state index contributed by atoms with van der Waals surface area (Å²) in [6, 6.07) is 1.89. The van der Waals surface area contributed by atoms with Crippen molar-refractivity contribution >= 4 is 10.1 Å². The molecule has 4 N–H and O–H groups in total. The van der Waals surface area contributed by atoms with E-state index in [1.165, 1.54) is 6.92 Å². The van der Waals surface area contributed by atoms with Crippen LogP contribution >= 0.6 is 0 Å². The minimum Gasteiger partial charge on any atom is -0.504 e. The molecule has 0 aromatic heterocycles. The van der Waals surface area contributed by atoms with Gasteiger partial charge >= 0.3 is 0 Å². The fraction of sp³-hybridized carbons (Fsp3) is 0.250. The van der Waals surface area contributed by atoms with E-state index >= 15 is 0 Å². The molecular weight excluding hydrogens is 224 g/mol. The third kappa shape index (κ3) is 2.38. The average molecular weight is 234 g/mol. The van der Waals surface area contributed by atoms with Crippen LogP contribution in [-0.2, 0) is 10.1 Å². The Morgan fingerprint density at radius 2 is 1.80 bits per heavy atom. The Hall–Kier alpha value is -1.31. The molecule has 0 saturated carbocycles. The van der Waals surface area contributed by atoms with Crippen molar-refractivity contribution in [1.82, 2.24) is 0 Å². The second-order valence-electron chi connectivity index (χ2n) is 3.04. The van der Waals surface area contributed by atoms with Crippen molar-refractivity contribution in [2.24, 2.45) is 0 Å². The van der Waals surface area contributed by atoms with Gasteiger partial charge in [-0.1, -0.05) is 0 Å². The molecule has 0 fully saturated rings. The molecule has 0 spiro atoms. The summed E-state index contributed by atoms with van der Waals surface area (Å²) in [5.41, 5.74) is 0.0675. The van der Waals surface area contributed by atoms with Gasteiger partial charge < -0.3 is 15.3 Å². The van der Waals surface area contributed by atoms with Gasteiger partial charge in [-0.15, -0.1) is 0 Å². The van der Waals surface area contributed by atoms with Crippen molar-refractivity contribution in [2.45, 2.75) is 17.9 Å². The van der Waals surface area contributed by atoms with E-state index in [2.05, 4.69) is 0 Å². The Labute approximate surface area is 86.2 Å². The molecule has 0 bridgehead atoms. The second-order valence-corrected chi connectivity index (χ2v) is 4.43. The van der Waals surface area contributed by atoms with E-state index in [0.29, 0.717) is 0 Å². The Morgan fingerprint density at radius 3 is 2.20 bits per heavy atom. The van der Waals surface area contributed by atoms with Crippen LogP contribution in [0.25, 0.3) is 0 Å². The first-order valence-electron chi connectivity index (χ1n) is 3.95. The maximum absolute atomic E-state index is 10.8. The number of phenolic OH excluding ortho intramolecular Hbond substituents is 2. The van der Waals surface area contributed by atoms with E-state index in [9.17, 15) is 8.42 Å². The maximum Gasteiger partial charge on any atom is 0.298 e. The van der Waals surface area contributed by atoms with Crippen LogP contribution in [0, 0.1) is 0 Å². The lowest BCUT2D eigenvalue weighted by Gasteiger charge is -2.09. The number of aromatic hydroxyl groups is 2. The minimum absolute atomic E-state index is 0.0675. The fourth-order valence-electron chi connectivity index (χ4n) is 1.05. The first-order chi connectivity index (χ1) is 6.73. The summed E-state index contributed by atoms with van der Waals surface area (Å²) < 4.78 is 30.3. The summed E-state index contributed by atoms with van der Waals surface area (Å²) in [4.78, 5) is -0.835. The molecule has 0 amide bonds. The predicted molar refractivity (Wildman–Crippen MR) is 50.2 cm³/mol. The van der Waals surface area contributed by atoms with E-state index in [-0.39, 0.29) is 5.56 Å². The van der Waals surface area contributed by atoms with Gasteiger partial charge in [0.15, 0.2) is 11.5 Å². The van der Waals surface area contributed by atoms with Crippen LogP contribution in [0.1, 0.15) is 18.6 Å². The van der Waals surface area contributed by atoms with Crippen molar-refractivity contribution in [2.75, 3.05) is 0 Å². The summed E-state index contributed by atoms with van der Waals surface area (Å²) in [5.74, 6) is -1.66. The Morgan fingerprint density at radius 1 is 1.27 bits per heavy atom. The number of hydrogen-bond donors (Lipinski definition) is 4. The van der Waals surface area contributed by atoms with Crippen LogP contribution < -0.4 is 0 Å². The number of hydrogen-bond acceptors (Lipinski definition) is 5. The summed E-state index contributed by atoms with van der Waals surface area (Å²) in [6.07, 6.45) is -1.03. The molecule has 15 heavy (non-hydrogen) atoms. The topological polar surface area (TPSA) is 115 Å². The van der Waals surface area contributed by atoms with Crippen LogP contribution in [0.5, 0.6) is 11.5 Å². The molecule has 0 aliphatic carbocycles. The zero-order valence-electron chi connectivity index (χ0n) is 7.75. The molecule has 1 unspecified atom stereocenters. The standard InChI is InChI=1S/C8H10O6S/c1-4(9)5-2-6(10)8(11)7(3-5)15(12,13)14/h2-4,9-11H,1H3,(H,12,13,14). The van der Waals surface area contributed by atoms with Gasteiger partial charge in [0.2, 0.25) is 0 Å². The first-order valence-corrected chi connectivity index (χ1v) is 5.39. The molecule has 1 atom stereocenters. The molecule has 6 nitrogen and oxygen atoms in total. The predicted octanol–water partition coefficient (Wildman–Crippen LogP) is 0.398. The van der Waals surface area contributed by atoms with Crippen LogP contribution in [-0.4, -0.2) is 28.3 Å². The van der Waals surface area contributed by atoms with Gasteiger partial charge in [0, 0.05) is 0 Å². The molecule has 84 valence electrons. The molecule has 0 radical (unpaired) electrons. The molecule has 0 aliphatic rings. The average Bonchev–Trinajstić information content (AvgIpc) is 2.06. The lowest BCUT2D eigenvalue weighted by molar-refractivity contribution is 0.198. The van der Waals surface area contributed by atoms with Crippen molar-refractivity contribution < 1.29 is 28.3 Å². The van der Waals surface area contributed by atoms with E-state index in [1.54, 1.807) is 0 Å². The van der Waals surface area contributed by atoms with Gasteiger partial charge in [0.05, 0.1) is 6.10 Å². The third-order valence-electron chi connectivity index (χ3n) is 1.84. The van der Waals surface area contributed by atoms with Crippen molar-refractivity contribution in [1.29, 1.82) is 0 Å². The fourth-order valence-corrected chi connectivity index (χ4v) is 1.69. The number of rotatable bonds is 2. The highest BCUT2D eigenvalue weighted by Gasteiger charge is 2.20. The number of benzene rings is 1. The summed E-state index contributed by atoms with van der Waals surface area (Å²) >= 11 is 0. The summed E-state index contributed by atoms with van der Waals surface area (Å²) in [5, 5.41) is 27.5. The normalized spacial score (nSPS) is 13.8. The molecular formula is C8H10O6S. The van der Waals surface area contributed by atoms with Crippen LogP contribution in [0.15, 0.2) is 17.0 Å². The van der Waals surface area contributed by atoms with Crippen LogP contribution in [0.2, 0.25) is 0 Å². The monoisotopic (exact) mass is 234 g/mol. The van der Waals surface area contributed by atoms with Gasteiger partial charge in [-0.25, -0.2) is 0 Å². The van der Waals surface area contributed by atoms with Crippen LogP contribution in [0.4, 0.5) is 0 Å². The molecule has 1 rings (SSSR count). The van der Waals surface area contributed by atoms with Crippen molar-refractivity contribution in [3.8, 4) is 11.5 Å². The van der Waals surface area contributed by atoms with Gasteiger partial charge in [0.1, 0.15) is 4.90 Å². The molecule has 1 aromatic rings. The van der Waals surface area contributed by atoms with E-state index < -0.39 is 32.6 Å². The van der Waals surface area contributed by atoms with E-state index in [0.717, 1.165) is 12.1 Å². The Kier molecular flexibility index (Phi) is 2.89. The highest BCUT2D eigenvalue weighted by molar-refractivity contribution is 7.86. The van der Waals surface area contributed by atoms with Crippen molar-refractivity contribution in [3.63, 3.8) is 0 Å². The zero-order valence-corrected chi connectivity index (χ0v) is 8.56. The van der Waals surface area contributed by atoms with Crippen molar-refractivity contribution in [3.05, 3.63) is 17.7 Å². The summed E-state index contributed by atoms with van der Waals surface area (Å²) in [7, 11) is -4.63. The highest BCUT2D eigenvalue weighted by Crippen LogP contribution is 2.35. The lowest BCUT2D eigenvalue weighted by atomic mass is 10.1. The SMILES string of the molecule is CC(O)c1cc(O)c(O)c(S(=O)(=O)O)c1. The molecule has 0 saturated heterocycles. The second kappa shape index (κ2) is 3.69. The van der Waals surface area contributed by atoms with E-state index in [1.807, 2.05) is 0 Å². The lowest BCUT2D eigenvalue weighted by Crippen LogP contribution is -2.01. The largest absolute Gasteiger partial charge is 0.504 e. The first kappa shape index (κ1) is 11.8. The number of aliphatic hydroxyl groups is 1. The third-order valence-corrected chi connectivity index (χ3v) is 2.70. The quantitative estimate of drug-likeness (QED) is 0.435. The molecule has 0 heterocycles. The Bertz CT molecular complexity index is 476. The molecule has 7 heteroatoms. The minimum atomic E-state index is -4.63. The van der Waals surface area contributed by atoms with E-state index in [4.69, 9.17) is 19.9 Å². The van der Waals surface area contributed by atoms with Crippen LogP contribution in [0.3, 0.4) is 0 Å². The smallest absolute Gasteiger partial charge is 0.298 e. The molecule has 1 aromatic carbocycles. The van der Waals surface area contributed by atoms with Gasteiger partial charge in [0.25, 0.3) is 10.1 Å². The number of aliphatic hydroxyl groups excluding tert-OH is 1. The van der Waals surface area contributed by atoms with Gasteiger partial charge in [-0.3, -0.25) is 4.55 Å². The van der Waals surface area contributed by atoms with Gasteiger partial charge in [-0.05, 0) is 24.6 Å². The Balaban J connectivity index is 3.52. The summed E-state index contributed by atoms with van der Waals surface area (Å²) in [6.45, 7) is 1.35. The number of phenols is 2. The zero-order chi connectivity index (χ0) is 11.8. The highest BCUT2D eigenvalue weighted by atomic mass is 32.2. The maximum atomic E-state index is 10.8. The van der Waals surface area contributed by atoms with Gasteiger partial charge in [-0.2, -0.15) is 8.42 Å². The molecule has 0 aliphatic heterocycles.